The molecule has 0 spiro atoms. The highest BCUT2D eigenvalue weighted by Gasteiger charge is 2.70. The van der Waals surface area contributed by atoms with Crippen molar-refractivity contribution < 1.29 is 14.2 Å². The van der Waals surface area contributed by atoms with E-state index < -0.39 is 0 Å². The molecule has 4 rings (SSSR count). The minimum absolute atomic E-state index is 0.0324. The summed E-state index contributed by atoms with van der Waals surface area (Å²) in [6.45, 7) is 4.70. The zero-order chi connectivity index (χ0) is 12.2. The summed E-state index contributed by atoms with van der Waals surface area (Å²) in [5.41, 5.74) is 2.06. The molecule has 0 amide bonds. The van der Waals surface area contributed by atoms with Crippen molar-refractivity contribution in [2.24, 2.45) is 0 Å². The number of benzene rings is 1. The molecule has 3 fully saturated rings. The fourth-order valence-corrected chi connectivity index (χ4v) is 3.17. The molecular formula is C15H16O3. The molecule has 0 radical (unpaired) electrons. The van der Waals surface area contributed by atoms with Crippen LogP contribution >= 0.6 is 0 Å². The molecule has 1 aromatic carbocycles. The van der Waals surface area contributed by atoms with Crippen LogP contribution in [0.25, 0.3) is 0 Å². The third kappa shape index (κ3) is 1.41. The van der Waals surface area contributed by atoms with Gasteiger partial charge in [0.25, 0.3) is 0 Å². The molecule has 94 valence electrons. The Labute approximate surface area is 106 Å². The van der Waals surface area contributed by atoms with Crippen molar-refractivity contribution >= 4 is 0 Å². The van der Waals surface area contributed by atoms with Gasteiger partial charge in [0.15, 0.2) is 6.29 Å². The highest BCUT2D eigenvalue weighted by molar-refractivity contribution is 5.28. The Bertz CT molecular complexity index is 484. The first kappa shape index (κ1) is 10.7. The van der Waals surface area contributed by atoms with Crippen molar-refractivity contribution in [2.75, 3.05) is 0 Å². The van der Waals surface area contributed by atoms with Gasteiger partial charge in [0, 0.05) is 0 Å². The number of ether oxygens (including phenoxy) is 3. The third-order valence-electron chi connectivity index (χ3n) is 4.20. The predicted molar refractivity (Wildman–Crippen MR) is 65.9 cm³/mol. The Kier molecular flexibility index (Phi) is 2.19. The highest BCUT2D eigenvalue weighted by Crippen LogP contribution is 2.56. The van der Waals surface area contributed by atoms with Gasteiger partial charge in [0.2, 0.25) is 0 Å². The molecule has 1 saturated carbocycles. The van der Waals surface area contributed by atoms with E-state index in [0.29, 0.717) is 6.61 Å². The summed E-state index contributed by atoms with van der Waals surface area (Å²) in [6, 6.07) is 10.2. The molecule has 0 bridgehead atoms. The Morgan fingerprint density at radius 3 is 2.94 bits per heavy atom. The standard InChI is InChI=1S/C15H16O3/c1-10-7-8-15(12(10)17-14-13(15)18-14)16-9-11-5-3-2-4-6-11/h2-6,12-14H,1,7-9H2/t12-,13+,14-,15-/m1/s1. The minimum Gasteiger partial charge on any atom is -0.364 e. The van der Waals surface area contributed by atoms with E-state index >= 15 is 0 Å². The number of hydrogen-bond donors (Lipinski definition) is 0. The number of epoxide rings is 1. The van der Waals surface area contributed by atoms with Gasteiger partial charge < -0.3 is 14.2 Å². The first-order valence-corrected chi connectivity index (χ1v) is 6.46. The lowest BCUT2D eigenvalue weighted by molar-refractivity contribution is -0.138. The first-order valence-electron chi connectivity index (χ1n) is 6.46. The van der Waals surface area contributed by atoms with Crippen molar-refractivity contribution in [3.05, 3.63) is 48.0 Å². The van der Waals surface area contributed by atoms with Gasteiger partial charge in [0.1, 0.15) is 17.8 Å². The quantitative estimate of drug-likeness (QED) is 0.604. The summed E-state index contributed by atoms with van der Waals surface area (Å²) in [4.78, 5) is 0. The van der Waals surface area contributed by atoms with Crippen LogP contribution in [0.15, 0.2) is 42.5 Å². The normalized spacial score (nSPS) is 40.7. The molecular weight excluding hydrogens is 228 g/mol. The summed E-state index contributed by atoms with van der Waals surface area (Å²) >= 11 is 0. The van der Waals surface area contributed by atoms with Crippen molar-refractivity contribution in [3.8, 4) is 0 Å². The van der Waals surface area contributed by atoms with E-state index in [-0.39, 0.29) is 24.1 Å². The minimum atomic E-state index is -0.280. The lowest BCUT2D eigenvalue weighted by Gasteiger charge is -2.29. The number of hydrogen-bond acceptors (Lipinski definition) is 3. The van der Waals surface area contributed by atoms with Crippen LogP contribution in [0.2, 0.25) is 0 Å². The Morgan fingerprint density at radius 1 is 1.28 bits per heavy atom. The van der Waals surface area contributed by atoms with Gasteiger partial charge in [-0.05, 0) is 24.0 Å². The fraction of sp³-hybridized carbons (Fsp3) is 0.467. The fourth-order valence-electron chi connectivity index (χ4n) is 3.17. The molecule has 18 heavy (non-hydrogen) atoms. The maximum Gasteiger partial charge on any atom is 0.188 e. The zero-order valence-electron chi connectivity index (χ0n) is 10.2. The Hall–Kier alpha value is -1.16. The predicted octanol–water partition coefficient (Wildman–Crippen LogP) is 2.42. The summed E-state index contributed by atoms with van der Waals surface area (Å²) in [6.07, 6.45) is 2.04. The molecule has 3 heteroatoms. The summed E-state index contributed by atoms with van der Waals surface area (Å²) < 4.78 is 17.5. The molecule has 0 unspecified atom stereocenters. The second-order valence-corrected chi connectivity index (χ2v) is 5.33. The van der Waals surface area contributed by atoms with Crippen LogP contribution in [-0.2, 0) is 20.8 Å². The largest absolute Gasteiger partial charge is 0.364 e. The van der Waals surface area contributed by atoms with Crippen molar-refractivity contribution in [2.45, 2.75) is 43.5 Å². The number of fused-ring (bicyclic) bond motifs is 3. The topological polar surface area (TPSA) is 31.0 Å². The Balaban J connectivity index is 1.54. The van der Waals surface area contributed by atoms with Crippen LogP contribution in [0.4, 0.5) is 0 Å². The summed E-state index contributed by atoms with van der Waals surface area (Å²) in [5, 5.41) is 0. The first-order chi connectivity index (χ1) is 8.79. The van der Waals surface area contributed by atoms with E-state index in [1.54, 1.807) is 0 Å². The molecule has 0 N–H and O–H groups in total. The monoisotopic (exact) mass is 244 g/mol. The molecule has 2 heterocycles. The van der Waals surface area contributed by atoms with Crippen LogP contribution in [0, 0.1) is 0 Å². The van der Waals surface area contributed by atoms with Gasteiger partial charge in [-0.3, -0.25) is 0 Å². The molecule has 1 aromatic rings. The number of rotatable bonds is 3. The zero-order valence-corrected chi connectivity index (χ0v) is 10.2. The van der Waals surface area contributed by atoms with Gasteiger partial charge in [-0.2, -0.15) is 0 Å². The van der Waals surface area contributed by atoms with E-state index in [1.807, 2.05) is 18.2 Å². The van der Waals surface area contributed by atoms with Gasteiger partial charge in [0.05, 0.1) is 6.61 Å². The van der Waals surface area contributed by atoms with Gasteiger partial charge in [-0.1, -0.05) is 36.9 Å². The van der Waals surface area contributed by atoms with Crippen LogP contribution < -0.4 is 0 Å². The van der Waals surface area contributed by atoms with E-state index in [2.05, 4.69) is 18.7 Å². The molecule has 4 atom stereocenters. The SMILES string of the molecule is C=C1CC[C@@]2(OCc3ccccc3)[C@@H]1O[C@@H]1O[C@@H]12. The maximum atomic E-state index is 6.21. The van der Waals surface area contributed by atoms with E-state index in [0.717, 1.165) is 18.4 Å². The lowest BCUT2D eigenvalue weighted by atomic mass is 9.96. The van der Waals surface area contributed by atoms with Gasteiger partial charge in [-0.15, -0.1) is 0 Å². The third-order valence-corrected chi connectivity index (χ3v) is 4.20. The van der Waals surface area contributed by atoms with Crippen LogP contribution in [0.3, 0.4) is 0 Å². The average Bonchev–Trinajstić information content (AvgIpc) is 3.02. The van der Waals surface area contributed by atoms with Crippen molar-refractivity contribution in [3.63, 3.8) is 0 Å². The van der Waals surface area contributed by atoms with E-state index in [1.165, 1.54) is 5.56 Å². The average molecular weight is 244 g/mol. The second kappa shape index (κ2) is 3.67. The smallest absolute Gasteiger partial charge is 0.188 e. The van der Waals surface area contributed by atoms with E-state index in [9.17, 15) is 0 Å². The molecule has 3 aliphatic rings. The Morgan fingerprint density at radius 2 is 2.11 bits per heavy atom. The molecule has 1 aliphatic carbocycles. The molecule has 2 aliphatic heterocycles. The summed E-state index contributed by atoms with van der Waals surface area (Å²) in [7, 11) is 0. The molecule has 2 saturated heterocycles. The summed E-state index contributed by atoms with van der Waals surface area (Å²) in [5.74, 6) is 0. The van der Waals surface area contributed by atoms with Crippen LogP contribution in [-0.4, -0.2) is 24.1 Å². The lowest BCUT2D eigenvalue weighted by Crippen LogP contribution is -2.43. The van der Waals surface area contributed by atoms with Gasteiger partial charge >= 0.3 is 0 Å². The van der Waals surface area contributed by atoms with Gasteiger partial charge in [-0.25, -0.2) is 0 Å². The highest BCUT2D eigenvalue weighted by atomic mass is 16.8. The van der Waals surface area contributed by atoms with Crippen LogP contribution in [0.5, 0.6) is 0 Å². The van der Waals surface area contributed by atoms with Crippen molar-refractivity contribution in [1.82, 2.24) is 0 Å². The van der Waals surface area contributed by atoms with Crippen LogP contribution in [0.1, 0.15) is 18.4 Å². The molecule has 3 nitrogen and oxygen atoms in total. The second-order valence-electron chi connectivity index (χ2n) is 5.33. The molecule has 0 aromatic heterocycles. The maximum absolute atomic E-state index is 6.21. The van der Waals surface area contributed by atoms with E-state index in [4.69, 9.17) is 14.2 Å². The van der Waals surface area contributed by atoms with Crippen molar-refractivity contribution in [1.29, 1.82) is 0 Å².